The normalized spacial score (nSPS) is 9.38. The molecule has 0 heterocycles. The zero-order chi connectivity index (χ0) is 28.6. The summed E-state index contributed by atoms with van der Waals surface area (Å²) in [6, 6.07) is 28.8. The second kappa shape index (κ2) is 25.9. The largest absolute Gasteiger partial charge is 0.461 e. The van der Waals surface area contributed by atoms with Crippen molar-refractivity contribution in [3.05, 3.63) is 108 Å². The molecule has 0 fully saturated rings. The second-order valence-corrected chi connectivity index (χ2v) is 9.20. The monoisotopic (exact) mass is 709 g/mol. The van der Waals surface area contributed by atoms with Crippen molar-refractivity contribution in [1.29, 1.82) is 0 Å². The van der Waals surface area contributed by atoms with Crippen molar-refractivity contribution in [2.45, 2.75) is 39.1 Å². The van der Waals surface area contributed by atoms with Gasteiger partial charge in [0, 0.05) is 41.7 Å². The van der Waals surface area contributed by atoms with E-state index in [-0.39, 0.29) is 42.3 Å². The van der Waals surface area contributed by atoms with Gasteiger partial charge < -0.3 is 14.2 Å². The maximum atomic E-state index is 10.9. The van der Waals surface area contributed by atoms with Crippen LogP contribution in [-0.4, -0.2) is 59.6 Å². The fraction of sp³-hybridized carbons (Fsp3) is 0.300. The van der Waals surface area contributed by atoms with Gasteiger partial charge in [-0.15, -0.1) is 0 Å². The van der Waals surface area contributed by atoms with Crippen molar-refractivity contribution in [1.82, 2.24) is 0 Å². The fourth-order valence-electron chi connectivity index (χ4n) is 2.70. The van der Waals surface area contributed by atoms with Crippen LogP contribution in [0.1, 0.15) is 36.0 Å². The van der Waals surface area contributed by atoms with E-state index in [2.05, 4.69) is 37.9 Å². The van der Waals surface area contributed by atoms with Crippen molar-refractivity contribution in [2.24, 2.45) is 0 Å². The quantitative estimate of drug-likeness (QED) is 0.0960. The molecular weight excluding hydrogens is 674 g/mol. The number of thiol groups is 3. The summed E-state index contributed by atoms with van der Waals surface area (Å²) in [4.78, 5) is 32.8. The first-order valence-corrected chi connectivity index (χ1v) is 14.3. The number of esters is 3. The first kappa shape index (κ1) is 37.9. The number of carbonyl (C=O) groups excluding carboxylic acids is 3. The smallest absolute Gasteiger partial charge is 0.306 e. The number of rotatable bonds is 12. The number of ether oxygens (including phenoxy) is 3. The van der Waals surface area contributed by atoms with Crippen LogP contribution in [-0.2, 0) is 48.4 Å². The minimum Gasteiger partial charge on any atom is -0.461 e. The summed E-state index contributed by atoms with van der Waals surface area (Å²) in [5.74, 6) is 1.02. The van der Waals surface area contributed by atoms with Gasteiger partial charge >= 0.3 is 17.9 Å². The Kier molecular flexibility index (Phi) is 24.5. The Hall–Kier alpha value is -2.06. The van der Waals surface area contributed by atoms with Crippen molar-refractivity contribution in [3.8, 4) is 0 Å². The predicted molar refractivity (Wildman–Crippen MR) is 170 cm³/mol. The fourth-order valence-corrected chi connectivity index (χ4v) is 3.25. The average molecular weight is 711 g/mol. The molecule has 3 radical (unpaired) electrons. The van der Waals surface area contributed by atoms with Gasteiger partial charge in [-0.25, -0.2) is 0 Å². The van der Waals surface area contributed by atoms with Gasteiger partial charge in [-0.2, -0.15) is 37.9 Å². The van der Waals surface area contributed by atoms with Gasteiger partial charge in [-0.05, 0) is 16.7 Å². The van der Waals surface area contributed by atoms with Gasteiger partial charge in [-0.3, -0.25) is 14.4 Å². The molecule has 3 rings (SSSR count). The third-order valence-electron chi connectivity index (χ3n) is 4.68. The molecule has 0 amide bonds. The average Bonchev–Trinajstić information content (AvgIpc) is 2.97. The van der Waals surface area contributed by atoms with Crippen molar-refractivity contribution >= 4 is 80.2 Å². The number of benzene rings is 3. The van der Waals surface area contributed by atoms with Crippen LogP contribution in [0.2, 0.25) is 0 Å². The van der Waals surface area contributed by atoms with Crippen LogP contribution in [0.3, 0.4) is 0 Å². The van der Waals surface area contributed by atoms with E-state index in [1.807, 2.05) is 91.0 Å². The molecule has 40 heavy (non-hydrogen) atoms. The first-order chi connectivity index (χ1) is 19.0. The van der Waals surface area contributed by atoms with E-state index in [1.165, 1.54) is 0 Å². The molecule has 0 atom stereocenters. The van der Waals surface area contributed by atoms with Crippen molar-refractivity contribution in [3.63, 3.8) is 0 Å². The van der Waals surface area contributed by atoms with Crippen LogP contribution in [0, 0.1) is 0 Å². The molecule has 0 aromatic heterocycles. The van der Waals surface area contributed by atoms with E-state index < -0.39 is 0 Å². The third kappa shape index (κ3) is 20.8. The standard InChI is InChI=1S/3C10H12O2S.Sb/c3*11-10(6-7-13)12-8-9-4-2-1-3-5-9;/h3*1-5,13H,6-8H2;. The van der Waals surface area contributed by atoms with Crippen molar-refractivity contribution in [2.75, 3.05) is 17.3 Å². The Morgan fingerprint density at radius 1 is 0.450 bits per heavy atom. The third-order valence-corrected chi connectivity index (χ3v) is 5.35. The maximum absolute atomic E-state index is 10.9. The van der Waals surface area contributed by atoms with E-state index in [9.17, 15) is 14.4 Å². The Morgan fingerprint density at radius 2 is 0.675 bits per heavy atom. The molecular formula is C30H36O6S3Sb. The zero-order valence-electron chi connectivity index (χ0n) is 22.3. The molecule has 0 saturated heterocycles. The number of hydrogen-bond acceptors (Lipinski definition) is 9. The van der Waals surface area contributed by atoms with Gasteiger partial charge in [0.25, 0.3) is 0 Å². The summed E-state index contributed by atoms with van der Waals surface area (Å²) in [7, 11) is 0. The molecule has 0 N–H and O–H groups in total. The van der Waals surface area contributed by atoms with Crippen LogP contribution >= 0.6 is 37.9 Å². The Morgan fingerprint density at radius 3 is 0.875 bits per heavy atom. The molecule has 10 heteroatoms. The summed E-state index contributed by atoms with van der Waals surface area (Å²) < 4.78 is 14.9. The summed E-state index contributed by atoms with van der Waals surface area (Å²) >= 11 is 11.8. The van der Waals surface area contributed by atoms with Crippen LogP contribution in [0.15, 0.2) is 91.0 Å². The maximum Gasteiger partial charge on any atom is 0.306 e. The SMILES string of the molecule is O=C(CCS)OCc1ccccc1.O=C(CCS)OCc1ccccc1.O=C(CCS)OCc1ccccc1.[Sb]. The summed E-state index contributed by atoms with van der Waals surface area (Å²) in [6.07, 6.45) is 1.11. The molecule has 6 nitrogen and oxygen atoms in total. The molecule has 0 saturated carbocycles. The molecule has 0 aliphatic rings. The molecule has 3 aromatic carbocycles. The van der Waals surface area contributed by atoms with Gasteiger partial charge in [0.1, 0.15) is 19.8 Å². The Bertz CT molecular complexity index is 920. The van der Waals surface area contributed by atoms with E-state index >= 15 is 0 Å². The van der Waals surface area contributed by atoms with Crippen LogP contribution in [0.5, 0.6) is 0 Å². The minimum atomic E-state index is -0.196. The first-order valence-electron chi connectivity index (χ1n) is 12.4. The topological polar surface area (TPSA) is 78.9 Å². The summed E-state index contributed by atoms with van der Waals surface area (Å²) in [6.45, 7) is 1.06. The van der Waals surface area contributed by atoms with E-state index in [1.54, 1.807) is 0 Å². The predicted octanol–water partition coefficient (Wildman–Crippen LogP) is 5.77. The van der Waals surface area contributed by atoms with Gasteiger partial charge in [0.15, 0.2) is 0 Å². The van der Waals surface area contributed by atoms with Gasteiger partial charge in [0.2, 0.25) is 0 Å². The molecule has 0 aliphatic carbocycles. The van der Waals surface area contributed by atoms with E-state index in [0.29, 0.717) is 56.3 Å². The van der Waals surface area contributed by atoms with Gasteiger partial charge in [0.05, 0.1) is 19.3 Å². The molecule has 0 bridgehead atoms. The second-order valence-electron chi connectivity index (χ2n) is 7.86. The molecule has 0 unspecified atom stereocenters. The molecule has 0 spiro atoms. The molecule has 3 aromatic rings. The van der Waals surface area contributed by atoms with E-state index in [0.717, 1.165) is 16.7 Å². The van der Waals surface area contributed by atoms with Crippen LogP contribution in [0.4, 0.5) is 0 Å². The van der Waals surface area contributed by atoms with Gasteiger partial charge in [-0.1, -0.05) is 91.0 Å². The zero-order valence-corrected chi connectivity index (χ0v) is 27.5. The summed E-state index contributed by atoms with van der Waals surface area (Å²) in [5.41, 5.74) is 3.03. The van der Waals surface area contributed by atoms with Crippen molar-refractivity contribution < 1.29 is 28.6 Å². The molecule has 0 aliphatic heterocycles. The van der Waals surface area contributed by atoms with Crippen LogP contribution in [0.25, 0.3) is 0 Å². The summed E-state index contributed by atoms with van der Waals surface area (Å²) in [5, 5.41) is 0. The minimum absolute atomic E-state index is 0. The van der Waals surface area contributed by atoms with E-state index in [4.69, 9.17) is 14.2 Å². The Balaban J connectivity index is 0.000000563. The van der Waals surface area contributed by atoms with Crippen LogP contribution < -0.4 is 0 Å². The number of hydrogen-bond donors (Lipinski definition) is 3. The molecule has 215 valence electrons. The number of carbonyl (C=O) groups is 3. The Labute approximate surface area is 271 Å².